The summed E-state index contributed by atoms with van der Waals surface area (Å²) < 4.78 is 26.6. The molecule has 1 N–H and O–H groups in total. The number of fused-ring (bicyclic) bond motifs is 1. The lowest BCUT2D eigenvalue weighted by atomic mass is 10.1. The Morgan fingerprint density at radius 2 is 1.89 bits per heavy atom. The van der Waals surface area contributed by atoms with Crippen LogP contribution in [0.4, 0.5) is 8.78 Å². The number of hydrogen-bond donors (Lipinski definition) is 1. The van der Waals surface area contributed by atoms with Gasteiger partial charge in [0, 0.05) is 11.4 Å². The quantitative estimate of drug-likeness (QED) is 0.751. The van der Waals surface area contributed by atoms with Crippen molar-refractivity contribution in [2.45, 2.75) is 6.42 Å². The second-order valence-corrected chi connectivity index (χ2v) is 4.62. The molecule has 0 amide bonds. The van der Waals surface area contributed by atoms with Gasteiger partial charge in [-0.2, -0.15) is 0 Å². The Kier molecular flexibility index (Phi) is 2.95. The molecule has 1 heterocycles. The Morgan fingerprint density at radius 1 is 1.11 bits per heavy atom. The Hall–Kier alpha value is -1.94. The van der Waals surface area contributed by atoms with Crippen molar-refractivity contribution in [3.8, 4) is 0 Å². The molecule has 0 bridgehead atoms. The summed E-state index contributed by atoms with van der Waals surface area (Å²) in [6, 6.07) is 9.89. The topological polar surface area (TPSA) is 28.7 Å². The number of nitrogens with one attached hydrogen (secondary N) is 1. The van der Waals surface area contributed by atoms with Gasteiger partial charge in [0.15, 0.2) is 11.6 Å². The molecule has 0 unspecified atom stereocenters. The Labute approximate surface area is 113 Å². The van der Waals surface area contributed by atoms with E-state index in [0.29, 0.717) is 22.8 Å². The van der Waals surface area contributed by atoms with E-state index in [4.69, 9.17) is 11.6 Å². The lowest BCUT2D eigenvalue weighted by Crippen LogP contribution is -1.91. The minimum Gasteiger partial charge on any atom is -0.342 e. The first-order valence-corrected chi connectivity index (χ1v) is 6.09. The van der Waals surface area contributed by atoms with Gasteiger partial charge < -0.3 is 4.98 Å². The number of H-pyrrole nitrogens is 1. The van der Waals surface area contributed by atoms with E-state index in [1.54, 1.807) is 6.07 Å². The second-order valence-electron chi connectivity index (χ2n) is 4.21. The molecule has 2 nitrogen and oxygen atoms in total. The van der Waals surface area contributed by atoms with Crippen LogP contribution in [0.3, 0.4) is 0 Å². The fraction of sp³-hybridized carbons (Fsp3) is 0.0714. The summed E-state index contributed by atoms with van der Waals surface area (Å²) in [6.07, 6.45) is 0.440. The molecule has 0 atom stereocenters. The van der Waals surface area contributed by atoms with Crippen LogP contribution in [0.1, 0.15) is 11.4 Å². The summed E-state index contributed by atoms with van der Waals surface area (Å²) in [5, 5.41) is 0.620. The smallest absolute Gasteiger partial charge is 0.186 e. The van der Waals surface area contributed by atoms with Gasteiger partial charge in [0.2, 0.25) is 0 Å². The molecule has 1 aromatic heterocycles. The SMILES string of the molecule is Fc1ccc2[nH]c(Cc3ccccc3Cl)nc2c1F. The summed E-state index contributed by atoms with van der Waals surface area (Å²) in [5.74, 6) is -1.28. The predicted octanol–water partition coefficient (Wildman–Crippen LogP) is 4.09. The zero-order chi connectivity index (χ0) is 13.4. The highest BCUT2D eigenvalue weighted by Gasteiger charge is 2.12. The highest BCUT2D eigenvalue weighted by atomic mass is 35.5. The van der Waals surface area contributed by atoms with E-state index in [9.17, 15) is 8.78 Å². The van der Waals surface area contributed by atoms with Crippen LogP contribution in [0.25, 0.3) is 11.0 Å². The summed E-state index contributed by atoms with van der Waals surface area (Å²) in [5.41, 5.74) is 1.37. The van der Waals surface area contributed by atoms with Crippen molar-refractivity contribution in [1.82, 2.24) is 9.97 Å². The summed E-state index contributed by atoms with van der Waals surface area (Å²) in [4.78, 5) is 7.04. The first-order chi connectivity index (χ1) is 9.15. The number of nitrogens with zero attached hydrogens (tertiary/aromatic N) is 1. The molecular weight excluding hydrogens is 270 g/mol. The number of rotatable bonds is 2. The molecule has 19 heavy (non-hydrogen) atoms. The van der Waals surface area contributed by atoms with Gasteiger partial charge in [-0.3, -0.25) is 0 Å². The van der Waals surface area contributed by atoms with E-state index in [1.165, 1.54) is 6.07 Å². The molecule has 5 heteroatoms. The number of benzene rings is 2. The number of aromatic amines is 1. The van der Waals surface area contributed by atoms with Crippen molar-refractivity contribution in [1.29, 1.82) is 0 Å². The molecule has 0 aliphatic carbocycles. The van der Waals surface area contributed by atoms with Crippen molar-refractivity contribution in [2.75, 3.05) is 0 Å². The average Bonchev–Trinajstić information content (AvgIpc) is 2.80. The molecule has 0 saturated carbocycles. The van der Waals surface area contributed by atoms with Crippen molar-refractivity contribution in [2.24, 2.45) is 0 Å². The standard InChI is InChI=1S/C14H9ClF2N2/c15-9-4-2-1-3-8(9)7-12-18-11-6-5-10(16)13(17)14(11)19-12/h1-6H,7H2,(H,18,19). The normalized spacial score (nSPS) is 11.1. The van der Waals surface area contributed by atoms with Crippen LogP contribution in [0.15, 0.2) is 36.4 Å². The Balaban J connectivity index is 2.03. The fourth-order valence-electron chi connectivity index (χ4n) is 1.97. The number of halogens is 3. The van der Waals surface area contributed by atoms with Gasteiger partial charge in [0.05, 0.1) is 5.52 Å². The van der Waals surface area contributed by atoms with Crippen molar-refractivity contribution >= 4 is 22.6 Å². The molecule has 0 aliphatic rings. The highest BCUT2D eigenvalue weighted by Crippen LogP contribution is 2.21. The first kappa shape index (κ1) is 12.1. The van der Waals surface area contributed by atoms with E-state index in [1.807, 2.05) is 18.2 Å². The van der Waals surface area contributed by atoms with Crippen LogP contribution in [-0.2, 0) is 6.42 Å². The summed E-state index contributed by atoms with van der Waals surface area (Å²) >= 11 is 6.05. The molecular formula is C14H9ClF2N2. The third-order valence-electron chi connectivity index (χ3n) is 2.91. The first-order valence-electron chi connectivity index (χ1n) is 5.71. The minimum absolute atomic E-state index is 0.0158. The molecule has 2 aromatic carbocycles. The predicted molar refractivity (Wildman–Crippen MR) is 70.3 cm³/mol. The highest BCUT2D eigenvalue weighted by molar-refractivity contribution is 6.31. The minimum atomic E-state index is -0.931. The van der Waals surface area contributed by atoms with Gasteiger partial charge in [-0.1, -0.05) is 29.8 Å². The number of aromatic nitrogens is 2. The molecule has 0 saturated heterocycles. The number of imidazole rings is 1. The van der Waals surface area contributed by atoms with Crippen molar-refractivity contribution in [3.63, 3.8) is 0 Å². The van der Waals surface area contributed by atoms with E-state index in [-0.39, 0.29) is 5.52 Å². The molecule has 0 aliphatic heterocycles. The molecule has 3 rings (SSSR count). The summed E-state index contributed by atoms with van der Waals surface area (Å²) in [7, 11) is 0. The second kappa shape index (κ2) is 4.63. The largest absolute Gasteiger partial charge is 0.342 e. The third-order valence-corrected chi connectivity index (χ3v) is 3.28. The van der Waals surface area contributed by atoms with Crippen LogP contribution >= 0.6 is 11.6 Å². The van der Waals surface area contributed by atoms with Crippen molar-refractivity contribution < 1.29 is 8.78 Å². The molecule has 96 valence electrons. The van der Waals surface area contributed by atoms with Gasteiger partial charge >= 0.3 is 0 Å². The van der Waals surface area contributed by atoms with Gasteiger partial charge in [0.25, 0.3) is 0 Å². The van der Waals surface area contributed by atoms with Gasteiger partial charge in [-0.05, 0) is 23.8 Å². The Bertz CT molecular complexity index is 752. The van der Waals surface area contributed by atoms with Gasteiger partial charge in [-0.25, -0.2) is 13.8 Å². The van der Waals surface area contributed by atoms with Crippen molar-refractivity contribution in [3.05, 3.63) is 64.4 Å². The fourth-order valence-corrected chi connectivity index (χ4v) is 2.18. The van der Waals surface area contributed by atoms with Crippen LogP contribution in [0.2, 0.25) is 5.02 Å². The van der Waals surface area contributed by atoms with Gasteiger partial charge in [0.1, 0.15) is 11.3 Å². The maximum absolute atomic E-state index is 13.5. The summed E-state index contributed by atoms with van der Waals surface area (Å²) in [6.45, 7) is 0. The van der Waals surface area contributed by atoms with E-state index >= 15 is 0 Å². The van der Waals surface area contributed by atoms with Crippen LogP contribution < -0.4 is 0 Å². The lowest BCUT2D eigenvalue weighted by Gasteiger charge is -2.00. The third kappa shape index (κ3) is 2.19. The van der Waals surface area contributed by atoms with Gasteiger partial charge in [-0.15, -0.1) is 0 Å². The molecule has 0 fully saturated rings. The van der Waals surface area contributed by atoms with Crippen LogP contribution in [0, 0.1) is 11.6 Å². The van der Waals surface area contributed by atoms with Crippen LogP contribution in [0.5, 0.6) is 0 Å². The van der Waals surface area contributed by atoms with E-state index < -0.39 is 11.6 Å². The zero-order valence-electron chi connectivity index (χ0n) is 9.75. The van der Waals surface area contributed by atoms with E-state index in [2.05, 4.69) is 9.97 Å². The Morgan fingerprint density at radius 3 is 2.68 bits per heavy atom. The molecule has 0 spiro atoms. The average molecular weight is 279 g/mol. The maximum Gasteiger partial charge on any atom is 0.186 e. The lowest BCUT2D eigenvalue weighted by molar-refractivity contribution is 0.515. The number of hydrogen-bond acceptors (Lipinski definition) is 1. The van der Waals surface area contributed by atoms with Crippen LogP contribution in [-0.4, -0.2) is 9.97 Å². The molecule has 3 aromatic rings. The molecule has 0 radical (unpaired) electrons. The van der Waals surface area contributed by atoms with E-state index in [0.717, 1.165) is 11.6 Å². The zero-order valence-corrected chi connectivity index (χ0v) is 10.5. The maximum atomic E-state index is 13.5. The monoisotopic (exact) mass is 278 g/mol.